The fourth-order valence-corrected chi connectivity index (χ4v) is 5.11. The highest BCUT2D eigenvalue weighted by atomic mass is 32.2. The van der Waals surface area contributed by atoms with E-state index in [0.29, 0.717) is 16.6 Å². The van der Waals surface area contributed by atoms with Gasteiger partial charge in [0, 0.05) is 12.3 Å². The second-order valence-electron chi connectivity index (χ2n) is 5.13. The number of nitrogens with zero attached hydrogens (tertiary/aromatic N) is 2. The van der Waals surface area contributed by atoms with Crippen molar-refractivity contribution < 1.29 is 8.42 Å². The molecule has 1 N–H and O–H groups in total. The lowest BCUT2D eigenvalue weighted by Gasteiger charge is -2.03. The van der Waals surface area contributed by atoms with E-state index in [2.05, 4.69) is 29.4 Å². The van der Waals surface area contributed by atoms with Crippen LogP contribution in [0.15, 0.2) is 39.6 Å². The Morgan fingerprint density at radius 3 is 2.64 bits per heavy atom. The minimum absolute atomic E-state index is 0.0933. The number of sulfone groups is 1. The van der Waals surface area contributed by atoms with E-state index < -0.39 is 9.84 Å². The highest BCUT2D eigenvalue weighted by molar-refractivity contribution is 8.02. The van der Waals surface area contributed by atoms with E-state index >= 15 is 0 Å². The second kappa shape index (κ2) is 7.94. The number of rotatable bonds is 8. The van der Waals surface area contributed by atoms with E-state index in [4.69, 9.17) is 0 Å². The molecule has 0 aliphatic rings. The number of anilines is 1. The third-order valence-electron chi connectivity index (χ3n) is 2.75. The molecule has 0 amide bonds. The molecule has 0 fully saturated rings. The van der Waals surface area contributed by atoms with Crippen LogP contribution in [0.3, 0.4) is 0 Å². The maximum Gasteiger partial charge on any atom is 0.206 e. The fourth-order valence-electron chi connectivity index (χ4n) is 1.62. The summed E-state index contributed by atoms with van der Waals surface area (Å²) in [5.41, 5.74) is 0. The molecule has 0 atom stereocenters. The summed E-state index contributed by atoms with van der Waals surface area (Å²) >= 11 is 2.88. The Bertz CT molecular complexity index is 684. The lowest BCUT2D eigenvalue weighted by molar-refractivity contribution is 0.597. The van der Waals surface area contributed by atoms with Gasteiger partial charge in [0.15, 0.2) is 14.2 Å². The second-order valence-corrected chi connectivity index (χ2v) is 9.56. The Hall–Kier alpha value is -1.12. The highest BCUT2D eigenvalue weighted by Crippen LogP contribution is 2.26. The van der Waals surface area contributed by atoms with Crippen molar-refractivity contribution in [1.29, 1.82) is 0 Å². The molecule has 0 spiro atoms. The lowest BCUT2D eigenvalue weighted by Crippen LogP contribution is -2.08. The van der Waals surface area contributed by atoms with Crippen LogP contribution in [-0.4, -0.2) is 36.7 Å². The maximum atomic E-state index is 12.1. The average Bonchev–Trinajstić information content (AvgIpc) is 2.94. The molecule has 0 unspecified atom stereocenters. The largest absolute Gasteiger partial charge is 0.360 e. The molecule has 0 aliphatic heterocycles. The van der Waals surface area contributed by atoms with Crippen LogP contribution in [0.2, 0.25) is 0 Å². The van der Waals surface area contributed by atoms with Gasteiger partial charge in [-0.3, -0.25) is 0 Å². The van der Waals surface area contributed by atoms with Crippen LogP contribution in [0.1, 0.15) is 13.8 Å². The third-order valence-corrected chi connectivity index (χ3v) is 6.75. The van der Waals surface area contributed by atoms with Crippen LogP contribution in [-0.2, 0) is 9.84 Å². The average molecular weight is 358 g/mol. The molecule has 2 aromatic rings. The summed E-state index contributed by atoms with van der Waals surface area (Å²) in [5, 5.41) is 12.1. The summed E-state index contributed by atoms with van der Waals surface area (Å²) in [6.45, 7) is 5.10. The van der Waals surface area contributed by atoms with Gasteiger partial charge < -0.3 is 5.32 Å². The molecule has 0 radical (unpaired) electrons. The van der Waals surface area contributed by atoms with E-state index in [1.807, 2.05) is 0 Å². The highest BCUT2D eigenvalue weighted by Gasteiger charge is 2.14. The standard InChI is InChI=1S/C14H19N3O2S3/c1-11(2)10-15-13-16-17-14(21-13)20-8-9-22(18,19)12-6-4-3-5-7-12/h3-7,11H,8-10H2,1-2H3,(H,15,16). The summed E-state index contributed by atoms with van der Waals surface area (Å²) in [4.78, 5) is 0.368. The maximum absolute atomic E-state index is 12.1. The zero-order valence-electron chi connectivity index (χ0n) is 12.5. The fraction of sp³-hybridized carbons (Fsp3) is 0.429. The molecule has 2 rings (SSSR count). The smallest absolute Gasteiger partial charge is 0.206 e. The Labute approximate surface area is 139 Å². The van der Waals surface area contributed by atoms with Crippen molar-refractivity contribution in [3.05, 3.63) is 30.3 Å². The van der Waals surface area contributed by atoms with Gasteiger partial charge >= 0.3 is 0 Å². The van der Waals surface area contributed by atoms with Crippen LogP contribution in [0.4, 0.5) is 5.13 Å². The van der Waals surface area contributed by atoms with Crippen molar-refractivity contribution in [1.82, 2.24) is 10.2 Å². The van der Waals surface area contributed by atoms with Gasteiger partial charge in [0.1, 0.15) is 0 Å². The summed E-state index contributed by atoms with van der Waals surface area (Å²) in [5.74, 6) is 1.10. The molecule has 8 heteroatoms. The number of hydrogen-bond acceptors (Lipinski definition) is 7. The van der Waals surface area contributed by atoms with Gasteiger partial charge in [0.05, 0.1) is 10.6 Å². The van der Waals surface area contributed by atoms with Crippen LogP contribution in [0, 0.1) is 5.92 Å². The topological polar surface area (TPSA) is 72.0 Å². The van der Waals surface area contributed by atoms with Gasteiger partial charge in [0.2, 0.25) is 5.13 Å². The predicted octanol–water partition coefficient (Wildman–Crippen LogP) is 3.17. The van der Waals surface area contributed by atoms with Crippen molar-refractivity contribution in [2.24, 2.45) is 5.92 Å². The molecule has 1 aromatic heterocycles. The van der Waals surface area contributed by atoms with E-state index in [-0.39, 0.29) is 5.75 Å². The van der Waals surface area contributed by atoms with Crippen LogP contribution < -0.4 is 5.32 Å². The molecule has 5 nitrogen and oxygen atoms in total. The predicted molar refractivity (Wildman–Crippen MR) is 92.5 cm³/mol. The quantitative estimate of drug-likeness (QED) is 0.732. The monoisotopic (exact) mass is 357 g/mol. The molecule has 0 aliphatic carbocycles. The zero-order valence-corrected chi connectivity index (χ0v) is 15.0. The van der Waals surface area contributed by atoms with Crippen LogP contribution in [0.5, 0.6) is 0 Å². The summed E-state index contributed by atoms with van der Waals surface area (Å²) in [6.07, 6.45) is 0. The Morgan fingerprint density at radius 1 is 1.23 bits per heavy atom. The first-order valence-corrected chi connectivity index (χ1v) is 10.4. The first-order chi connectivity index (χ1) is 10.5. The Kier molecular flexibility index (Phi) is 6.22. The Morgan fingerprint density at radius 2 is 1.95 bits per heavy atom. The molecule has 22 heavy (non-hydrogen) atoms. The van der Waals surface area contributed by atoms with E-state index in [9.17, 15) is 8.42 Å². The van der Waals surface area contributed by atoms with Gasteiger partial charge in [-0.25, -0.2) is 8.42 Å². The summed E-state index contributed by atoms with van der Waals surface area (Å²) < 4.78 is 25.1. The minimum Gasteiger partial charge on any atom is -0.360 e. The van der Waals surface area contributed by atoms with Gasteiger partial charge in [0.25, 0.3) is 0 Å². The first-order valence-electron chi connectivity index (χ1n) is 6.95. The molecule has 0 saturated heterocycles. The normalized spacial score (nSPS) is 11.8. The number of thioether (sulfide) groups is 1. The number of aromatic nitrogens is 2. The van der Waals surface area contributed by atoms with Crippen LogP contribution >= 0.6 is 23.1 Å². The Balaban J connectivity index is 1.84. The molecule has 1 aromatic carbocycles. The van der Waals surface area contributed by atoms with Crippen molar-refractivity contribution >= 4 is 38.1 Å². The molecule has 0 saturated carbocycles. The molecular weight excluding hydrogens is 338 g/mol. The first kappa shape index (κ1) is 17.2. The zero-order chi connectivity index (χ0) is 16.0. The van der Waals surface area contributed by atoms with E-state index in [1.54, 1.807) is 30.3 Å². The number of nitrogens with one attached hydrogen (secondary N) is 1. The molecular formula is C14H19N3O2S3. The number of benzene rings is 1. The lowest BCUT2D eigenvalue weighted by atomic mass is 10.2. The van der Waals surface area contributed by atoms with Gasteiger partial charge in [-0.15, -0.1) is 10.2 Å². The third kappa shape index (κ3) is 5.26. The van der Waals surface area contributed by atoms with Crippen molar-refractivity contribution in [2.45, 2.75) is 23.1 Å². The molecule has 1 heterocycles. The minimum atomic E-state index is -3.23. The van der Waals surface area contributed by atoms with Gasteiger partial charge in [-0.1, -0.05) is 55.1 Å². The SMILES string of the molecule is CC(C)CNc1nnc(SCCS(=O)(=O)c2ccccc2)s1. The van der Waals surface area contributed by atoms with E-state index in [0.717, 1.165) is 16.0 Å². The van der Waals surface area contributed by atoms with Crippen molar-refractivity contribution in [3.63, 3.8) is 0 Å². The summed E-state index contributed by atoms with van der Waals surface area (Å²) in [7, 11) is -3.23. The van der Waals surface area contributed by atoms with Crippen molar-refractivity contribution in [2.75, 3.05) is 23.4 Å². The van der Waals surface area contributed by atoms with Gasteiger partial charge in [-0.05, 0) is 18.1 Å². The van der Waals surface area contributed by atoms with E-state index in [1.165, 1.54) is 23.1 Å². The molecule has 120 valence electrons. The number of hydrogen-bond donors (Lipinski definition) is 1. The van der Waals surface area contributed by atoms with Gasteiger partial charge in [-0.2, -0.15) is 0 Å². The molecule has 0 bridgehead atoms. The summed E-state index contributed by atoms with van der Waals surface area (Å²) in [6, 6.07) is 8.52. The van der Waals surface area contributed by atoms with Crippen molar-refractivity contribution in [3.8, 4) is 0 Å². The van der Waals surface area contributed by atoms with Crippen LogP contribution in [0.25, 0.3) is 0 Å².